The first-order chi connectivity index (χ1) is 15.9. The molecule has 0 spiro atoms. The summed E-state index contributed by atoms with van der Waals surface area (Å²) in [7, 11) is 0. The summed E-state index contributed by atoms with van der Waals surface area (Å²) in [5.41, 5.74) is 1.98. The third kappa shape index (κ3) is 3.68. The molecular weight excluding hydrogens is 438 g/mol. The second-order valence-corrected chi connectivity index (χ2v) is 8.60. The zero-order valence-electron chi connectivity index (χ0n) is 17.4. The molecule has 0 aliphatic rings. The summed E-state index contributed by atoms with van der Waals surface area (Å²) in [6.45, 7) is 1.88. The number of ketones is 1. The number of hydrogen-bond acceptors (Lipinski definition) is 6. The lowest BCUT2D eigenvalue weighted by atomic mass is 10.0. The van der Waals surface area contributed by atoms with Crippen LogP contribution in [0.2, 0.25) is 0 Å². The number of rotatable bonds is 5. The van der Waals surface area contributed by atoms with E-state index in [4.69, 9.17) is 4.74 Å². The number of aryl methyl sites for hydroxylation is 1. The van der Waals surface area contributed by atoms with Crippen LogP contribution in [-0.2, 0) is 0 Å². The molecule has 5 aromatic rings. The zero-order chi connectivity index (χ0) is 23.1. The van der Waals surface area contributed by atoms with E-state index in [-0.39, 0.29) is 17.1 Å². The van der Waals surface area contributed by atoms with Crippen molar-refractivity contribution in [3.05, 3.63) is 94.5 Å². The maximum absolute atomic E-state index is 13.5. The highest BCUT2D eigenvalue weighted by atomic mass is 32.1. The second-order valence-electron chi connectivity index (χ2n) is 7.54. The van der Waals surface area contributed by atoms with Crippen LogP contribution in [0.15, 0.2) is 72.9 Å². The number of phenolic OH excluding ortho intramolecular Hbond substituents is 1. The highest BCUT2D eigenvalue weighted by Gasteiger charge is 2.24. The largest absolute Gasteiger partial charge is 0.508 e. The van der Waals surface area contributed by atoms with E-state index < -0.39 is 5.97 Å². The van der Waals surface area contributed by atoms with Crippen molar-refractivity contribution >= 4 is 44.1 Å². The fourth-order valence-electron chi connectivity index (χ4n) is 3.70. The monoisotopic (exact) mass is 455 g/mol. The van der Waals surface area contributed by atoms with E-state index in [2.05, 4.69) is 4.98 Å². The summed E-state index contributed by atoms with van der Waals surface area (Å²) in [5, 5.41) is 20.5. The number of carboxylic acids is 1. The van der Waals surface area contributed by atoms with Crippen LogP contribution >= 0.6 is 11.3 Å². The quantitative estimate of drug-likeness (QED) is 0.307. The van der Waals surface area contributed by atoms with E-state index in [1.165, 1.54) is 23.6 Å². The SMILES string of the molecule is Cc1ccccc1C(=O)c1sc2cc(O)ccc2c1Oc1cccc2cc(C(=O)O)cnc12. The van der Waals surface area contributed by atoms with Gasteiger partial charge >= 0.3 is 5.97 Å². The third-order valence-electron chi connectivity index (χ3n) is 5.36. The first-order valence-corrected chi connectivity index (χ1v) is 10.9. The van der Waals surface area contributed by atoms with Crippen LogP contribution < -0.4 is 4.74 Å². The maximum atomic E-state index is 13.5. The molecule has 0 unspecified atom stereocenters. The summed E-state index contributed by atoms with van der Waals surface area (Å²) < 4.78 is 7.01. The Kier molecular flexibility index (Phi) is 5.03. The number of aromatic nitrogens is 1. The predicted octanol–water partition coefficient (Wildman–Crippen LogP) is 6.19. The number of aromatic hydroxyl groups is 1. The minimum atomic E-state index is -1.06. The number of carbonyl (C=O) groups excluding carboxylic acids is 1. The van der Waals surface area contributed by atoms with Crippen LogP contribution in [0.4, 0.5) is 0 Å². The van der Waals surface area contributed by atoms with Crippen LogP contribution in [0.3, 0.4) is 0 Å². The van der Waals surface area contributed by atoms with Gasteiger partial charge in [0, 0.05) is 27.2 Å². The molecule has 3 aromatic carbocycles. The fraction of sp³-hybridized carbons (Fsp3) is 0.0385. The average Bonchev–Trinajstić information content (AvgIpc) is 3.16. The van der Waals surface area contributed by atoms with Crippen molar-refractivity contribution in [1.82, 2.24) is 4.98 Å². The molecule has 7 heteroatoms. The molecule has 2 N–H and O–H groups in total. The smallest absolute Gasteiger partial charge is 0.337 e. The average molecular weight is 455 g/mol. The zero-order valence-corrected chi connectivity index (χ0v) is 18.2. The molecule has 0 amide bonds. The molecule has 0 fully saturated rings. The van der Waals surface area contributed by atoms with Gasteiger partial charge in [0.05, 0.1) is 5.56 Å². The van der Waals surface area contributed by atoms with Gasteiger partial charge in [0.25, 0.3) is 0 Å². The van der Waals surface area contributed by atoms with Gasteiger partial charge in [-0.05, 0) is 42.8 Å². The van der Waals surface area contributed by atoms with Crippen LogP contribution in [0.1, 0.15) is 31.2 Å². The number of carboxylic acid groups (broad SMARTS) is 1. The standard InChI is InChI=1S/C26H17NO5S/c1-14-5-2-3-7-18(14)23(29)25-24(19-10-9-17(28)12-21(19)33-25)32-20-8-4-6-15-11-16(26(30)31)13-27-22(15)20/h2-13,28H,1H3,(H,30,31). The number of hydrogen-bond donors (Lipinski definition) is 2. The van der Waals surface area contributed by atoms with E-state index in [9.17, 15) is 19.8 Å². The molecule has 0 radical (unpaired) electrons. The Bertz CT molecular complexity index is 1570. The Morgan fingerprint density at radius 3 is 2.61 bits per heavy atom. The van der Waals surface area contributed by atoms with Gasteiger partial charge in [0.15, 0.2) is 11.5 Å². The minimum absolute atomic E-state index is 0.0755. The lowest BCUT2D eigenvalue weighted by molar-refractivity contribution is 0.0696. The number of para-hydroxylation sites is 1. The van der Waals surface area contributed by atoms with Crippen molar-refractivity contribution in [1.29, 1.82) is 0 Å². The molecule has 2 aromatic heterocycles. The summed E-state index contributed by atoms with van der Waals surface area (Å²) in [6.07, 6.45) is 1.28. The van der Waals surface area contributed by atoms with Crippen molar-refractivity contribution in [3.63, 3.8) is 0 Å². The third-order valence-corrected chi connectivity index (χ3v) is 6.49. The number of thiophene rings is 1. The van der Waals surface area contributed by atoms with E-state index in [1.807, 2.05) is 25.1 Å². The van der Waals surface area contributed by atoms with Crippen LogP contribution in [0, 0.1) is 6.92 Å². The number of pyridine rings is 1. The van der Waals surface area contributed by atoms with Gasteiger partial charge in [-0.2, -0.15) is 0 Å². The van der Waals surface area contributed by atoms with E-state index in [1.54, 1.807) is 42.5 Å². The molecule has 0 atom stereocenters. The summed E-state index contributed by atoms with van der Waals surface area (Å²) >= 11 is 1.25. The molecule has 0 bridgehead atoms. The van der Waals surface area contributed by atoms with E-state index in [0.29, 0.717) is 42.9 Å². The lowest BCUT2D eigenvalue weighted by Gasteiger charge is -2.11. The summed E-state index contributed by atoms with van der Waals surface area (Å²) in [5.74, 6) is -0.371. The molecular formula is C26H17NO5S. The number of phenols is 1. The molecule has 0 saturated heterocycles. The highest BCUT2D eigenvalue weighted by molar-refractivity contribution is 7.21. The van der Waals surface area contributed by atoms with Crippen molar-refractivity contribution in [2.24, 2.45) is 0 Å². The fourth-order valence-corrected chi connectivity index (χ4v) is 4.82. The first kappa shape index (κ1) is 20.7. The van der Waals surface area contributed by atoms with Gasteiger partial charge < -0.3 is 14.9 Å². The molecule has 33 heavy (non-hydrogen) atoms. The number of nitrogens with zero attached hydrogens (tertiary/aromatic N) is 1. The molecule has 0 saturated carbocycles. The number of benzene rings is 3. The maximum Gasteiger partial charge on any atom is 0.337 e. The van der Waals surface area contributed by atoms with E-state index in [0.717, 1.165) is 5.56 Å². The Morgan fingerprint density at radius 2 is 1.82 bits per heavy atom. The lowest BCUT2D eigenvalue weighted by Crippen LogP contribution is -2.03. The summed E-state index contributed by atoms with van der Waals surface area (Å²) in [6, 6.07) is 19.0. The van der Waals surface area contributed by atoms with Crippen molar-refractivity contribution in [2.75, 3.05) is 0 Å². The number of ether oxygens (including phenoxy) is 1. The van der Waals surface area contributed by atoms with Crippen molar-refractivity contribution in [2.45, 2.75) is 6.92 Å². The number of fused-ring (bicyclic) bond motifs is 2. The number of aromatic carboxylic acids is 1. The van der Waals surface area contributed by atoms with Crippen LogP contribution in [0.25, 0.3) is 21.0 Å². The predicted molar refractivity (Wildman–Crippen MR) is 127 cm³/mol. The van der Waals surface area contributed by atoms with Crippen molar-refractivity contribution in [3.8, 4) is 17.2 Å². The molecule has 162 valence electrons. The molecule has 0 aliphatic heterocycles. The Hall–Kier alpha value is -4.23. The minimum Gasteiger partial charge on any atom is -0.508 e. The van der Waals surface area contributed by atoms with Crippen molar-refractivity contribution < 1.29 is 24.5 Å². The molecule has 2 heterocycles. The Morgan fingerprint density at radius 1 is 1.00 bits per heavy atom. The van der Waals surface area contributed by atoms with Gasteiger partial charge in [-0.15, -0.1) is 11.3 Å². The van der Waals surface area contributed by atoms with Crippen LogP contribution in [-0.4, -0.2) is 26.9 Å². The Balaban J connectivity index is 1.68. The molecule has 6 nitrogen and oxygen atoms in total. The second kappa shape index (κ2) is 8.03. The Labute approximate surface area is 192 Å². The van der Waals surface area contributed by atoms with Gasteiger partial charge in [-0.25, -0.2) is 4.79 Å². The van der Waals surface area contributed by atoms with Gasteiger partial charge in [0.1, 0.15) is 16.1 Å². The van der Waals surface area contributed by atoms with Gasteiger partial charge in [0.2, 0.25) is 5.78 Å². The number of carbonyl (C=O) groups is 2. The highest BCUT2D eigenvalue weighted by Crippen LogP contribution is 2.43. The molecule has 5 rings (SSSR count). The normalized spacial score (nSPS) is 11.1. The van der Waals surface area contributed by atoms with Gasteiger partial charge in [-0.3, -0.25) is 9.78 Å². The van der Waals surface area contributed by atoms with Crippen LogP contribution in [0.5, 0.6) is 17.2 Å². The first-order valence-electron chi connectivity index (χ1n) is 10.1. The molecule has 0 aliphatic carbocycles. The summed E-state index contributed by atoms with van der Waals surface area (Å²) in [4.78, 5) is 29.5. The van der Waals surface area contributed by atoms with E-state index >= 15 is 0 Å². The van der Waals surface area contributed by atoms with Gasteiger partial charge in [-0.1, -0.05) is 36.4 Å². The topological polar surface area (TPSA) is 96.7 Å².